The number of anilines is 1. The van der Waals surface area contributed by atoms with E-state index >= 15 is 0 Å². The number of nitrogens with zero attached hydrogens (tertiary/aromatic N) is 1. The number of carbonyl (C=O) groups is 1. The Bertz CT molecular complexity index is 560. The average molecular weight is 295 g/mol. The molecule has 102 valence electrons. The SMILES string of the molecule is CC(=O)NCc1ccc(-c2csc(NC(C)C)n2)s1. The molecule has 6 heteroatoms. The van der Waals surface area contributed by atoms with Crippen molar-refractivity contribution in [1.29, 1.82) is 0 Å². The molecule has 0 aliphatic carbocycles. The van der Waals surface area contributed by atoms with Gasteiger partial charge in [-0.3, -0.25) is 4.79 Å². The van der Waals surface area contributed by atoms with Crippen LogP contribution in [-0.2, 0) is 11.3 Å². The van der Waals surface area contributed by atoms with Gasteiger partial charge in [0.1, 0.15) is 0 Å². The van der Waals surface area contributed by atoms with Gasteiger partial charge in [-0.15, -0.1) is 22.7 Å². The van der Waals surface area contributed by atoms with E-state index in [1.165, 1.54) is 6.92 Å². The molecule has 19 heavy (non-hydrogen) atoms. The van der Waals surface area contributed by atoms with Crippen LogP contribution in [0.2, 0.25) is 0 Å². The smallest absolute Gasteiger partial charge is 0.217 e. The Balaban J connectivity index is 2.05. The van der Waals surface area contributed by atoms with Gasteiger partial charge in [0.2, 0.25) is 5.91 Å². The highest BCUT2D eigenvalue weighted by molar-refractivity contribution is 7.17. The Morgan fingerprint density at radius 2 is 2.21 bits per heavy atom. The molecule has 2 rings (SSSR count). The summed E-state index contributed by atoms with van der Waals surface area (Å²) >= 11 is 3.28. The Kier molecular flexibility index (Phi) is 4.55. The molecule has 0 unspecified atom stereocenters. The number of thiophene rings is 1. The van der Waals surface area contributed by atoms with Crippen LogP contribution in [0.1, 0.15) is 25.6 Å². The summed E-state index contributed by atoms with van der Waals surface area (Å²) < 4.78 is 0. The van der Waals surface area contributed by atoms with Crippen molar-refractivity contribution in [3.63, 3.8) is 0 Å². The van der Waals surface area contributed by atoms with Gasteiger partial charge in [-0.25, -0.2) is 4.98 Å². The molecule has 0 bridgehead atoms. The summed E-state index contributed by atoms with van der Waals surface area (Å²) in [5.41, 5.74) is 0.993. The first-order valence-electron chi connectivity index (χ1n) is 6.10. The average Bonchev–Trinajstić information content (AvgIpc) is 2.93. The fourth-order valence-electron chi connectivity index (χ4n) is 1.52. The monoisotopic (exact) mass is 295 g/mol. The maximum Gasteiger partial charge on any atom is 0.217 e. The van der Waals surface area contributed by atoms with Crippen LogP contribution in [0.5, 0.6) is 0 Å². The minimum Gasteiger partial charge on any atom is -0.359 e. The molecule has 0 spiro atoms. The molecule has 2 aromatic rings. The van der Waals surface area contributed by atoms with Crippen LogP contribution >= 0.6 is 22.7 Å². The molecule has 2 heterocycles. The fraction of sp³-hybridized carbons (Fsp3) is 0.385. The lowest BCUT2D eigenvalue weighted by Crippen LogP contribution is -2.17. The number of carbonyl (C=O) groups excluding carboxylic acids is 1. The summed E-state index contributed by atoms with van der Waals surface area (Å²) in [7, 11) is 0. The second-order valence-corrected chi connectivity index (χ2v) is 6.54. The Labute approximate surface area is 120 Å². The van der Waals surface area contributed by atoms with Gasteiger partial charge in [-0.2, -0.15) is 0 Å². The summed E-state index contributed by atoms with van der Waals surface area (Å²) in [6.07, 6.45) is 0. The highest BCUT2D eigenvalue weighted by Crippen LogP contribution is 2.30. The molecule has 0 saturated heterocycles. The van der Waals surface area contributed by atoms with Crippen LogP contribution < -0.4 is 10.6 Å². The van der Waals surface area contributed by atoms with Gasteiger partial charge in [0.05, 0.1) is 17.1 Å². The van der Waals surface area contributed by atoms with Crippen LogP contribution in [0.4, 0.5) is 5.13 Å². The normalized spacial score (nSPS) is 10.7. The summed E-state index contributed by atoms with van der Waals surface area (Å²) in [5.74, 6) is -0.00738. The van der Waals surface area contributed by atoms with E-state index in [-0.39, 0.29) is 5.91 Å². The Hall–Kier alpha value is -1.40. The van der Waals surface area contributed by atoms with Crippen molar-refractivity contribution in [2.45, 2.75) is 33.4 Å². The van der Waals surface area contributed by atoms with Crippen molar-refractivity contribution in [3.8, 4) is 10.6 Å². The van der Waals surface area contributed by atoms with E-state index in [2.05, 4.69) is 40.9 Å². The van der Waals surface area contributed by atoms with Crippen LogP contribution in [0.3, 0.4) is 0 Å². The topological polar surface area (TPSA) is 54.0 Å². The second-order valence-electron chi connectivity index (χ2n) is 4.51. The first-order valence-corrected chi connectivity index (χ1v) is 7.80. The molecule has 0 aliphatic rings. The van der Waals surface area contributed by atoms with Gasteiger partial charge < -0.3 is 10.6 Å². The van der Waals surface area contributed by atoms with Gasteiger partial charge in [-0.1, -0.05) is 0 Å². The molecule has 2 N–H and O–H groups in total. The lowest BCUT2D eigenvalue weighted by Gasteiger charge is -2.04. The van der Waals surface area contributed by atoms with E-state index in [0.717, 1.165) is 20.6 Å². The summed E-state index contributed by atoms with van der Waals surface area (Å²) in [6, 6.07) is 4.47. The van der Waals surface area contributed by atoms with E-state index in [9.17, 15) is 4.79 Å². The second kappa shape index (κ2) is 6.16. The standard InChI is InChI=1S/C13H17N3OS2/c1-8(2)15-13-16-11(7-18-13)12-5-4-10(19-12)6-14-9(3)17/h4-5,7-8H,6H2,1-3H3,(H,14,17)(H,15,16). The molecule has 0 fully saturated rings. The lowest BCUT2D eigenvalue weighted by molar-refractivity contribution is -0.119. The minimum absolute atomic E-state index is 0.00738. The number of aromatic nitrogens is 1. The Morgan fingerprint density at radius 3 is 2.89 bits per heavy atom. The molecule has 2 aromatic heterocycles. The van der Waals surface area contributed by atoms with Crippen molar-refractivity contribution in [1.82, 2.24) is 10.3 Å². The summed E-state index contributed by atoms with van der Waals surface area (Å²) in [5, 5.41) is 9.10. The number of thiazole rings is 1. The maximum absolute atomic E-state index is 10.9. The van der Waals surface area contributed by atoms with Gasteiger partial charge >= 0.3 is 0 Å². The minimum atomic E-state index is -0.00738. The third-order valence-electron chi connectivity index (χ3n) is 2.34. The lowest BCUT2D eigenvalue weighted by atomic mass is 10.3. The zero-order valence-electron chi connectivity index (χ0n) is 11.2. The summed E-state index contributed by atoms with van der Waals surface area (Å²) in [4.78, 5) is 17.7. The number of amides is 1. The zero-order valence-corrected chi connectivity index (χ0v) is 12.8. The van der Waals surface area contributed by atoms with E-state index in [1.54, 1.807) is 22.7 Å². The first-order chi connectivity index (χ1) is 9.04. The predicted molar refractivity (Wildman–Crippen MR) is 81.7 cm³/mol. The van der Waals surface area contributed by atoms with Crippen molar-refractivity contribution < 1.29 is 4.79 Å². The van der Waals surface area contributed by atoms with Crippen molar-refractivity contribution in [2.24, 2.45) is 0 Å². The predicted octanol–water partition coefficient (Wildman–Crippen LogP) is 3.33. The van der Waals surface area contributed by atoms with E-state index < -0.39 is 0 Å². The van der Waals surface area contributed by atoms with Crippen LogP contribution in [-0.4, -0.2) is 16.9 Å². The third kappa shape index (κ3) is 4.04. The molecule has 0 aromatic carbocycles. The van der Waals surface area contributed by atoms with Gasteiger partial charge in [0.15, 0.2) is 5.13 Å². The van der Waals surface area contributed by atoms with Crippen molar-refractivity contribution in [3.05, 3.63) is 22.4 Å². The van der Waals surface area contributed by atoms with Crippen LogP contribution in [0, 0.1) is 0 Å². The number of rotatable bonds is 5. The van der Waals surface area contributed by atoms with Crippen molar-refractivity contribution in [2.75, 3.05) is 5.32 Å². The quantitative estimate of drug-likeness (QED) is 0.889. The number of nitrogens with one attached hydrogen (secondary N) is 2. The zero-order chi connectivity index (χ0) is 13.8. The van der Waals surface area contributed by atoms with E-state index in [4.69, 9.17) is 0 Å². The number of hydrogen-bond donors (Lipinski definition) is 2. The van der Waals surface area contributed by atoms with E-state index in [1.807, 2.05) is 6.07 Å². The molecular weight excluding hydrogens is 278 g/mol. The summed E-state index contributed by atoms with van der Waals surface area (Å²) in [6.45, 7) is 6.30. The fourth-order valence-corrected chi connectivity index (χ4v) is 3.36. The molecular formula is C13H17N3OS2. The van der Waals surface area contributed by atoms with Gasteiger partial charge in [0, 0.05) is 23.2 Å². The van der Waals surface area contributed by atoms with Crippen LogP contribution in [0.15, 0.2) is 17.5 Å². The van der Waals surface area contributed by atoms with Crippen molar-refractivity contribution >= 4 is 33.7 Å². The molecule has 0 saturated carbocycles. The number of hydrogen-bond acceptors (Lipinski definition) is 5. The Morgan fingerprint density at radius 1 is 1.42 bits per heavy atom. The van der Waals surface area contributed by atoms with Gasteiger partial charge in [-0.05, 0) is 26.0 Å². The maximum atomic E-state index is 10.9. The highest BCUT2D eigenvalue weighted by Gasteiger charge is 2.08. The first kappa shape index (κ1) is 14.0. The van der Waals surface area contributed by atoms with Crippen LogP contribution in [0.25, 0.3) is 10.6 Å². The molecule has 4 nitrogen and oxygen atoms in total. The molecule has 1 amide bonds. The highest BCUT2D eigenvalue weighted by atomic mass is 32.1. The third-order valence-corrected chi connectivity index (χ3v) is 4.22. The molecule has 0 radical (unpaired) electrons. The largest absolute Gasteiger partial charge is 0.359 e. The van der Waals surface area contributed by atoms with E-state index in [0.29, 0.717) is 12.6 Å². The molecule has 0 aliphatic heterocycles. The molecule has 0 atom stereocenters. The van der Waals surface area contributed by atoms with Gasteiger partial charge in [0.25, 0.3) is 0 Å².